The van der Waals surface area contributed by atoms with Gasteiger partial charge in [-0.15, -0.1) is 0 Å². The Hall–Kier alpha value is -0.940. The first-order valence-corrected chi connectivity index (χ1v) is 3.96. The van der Waals surface area contributed by atoms with Crippen LogP contribution < -0.4 is 5.73 Å². The normalized spacial score (nSPS) is 13.2. The SMILES string of the molecule is CCc1noc(C(N)CCO)n1. The Morgan fingerprint density at radius 1 is 1.67 bits per heavy atom. The molecule has 0 aliphatic heterocycles. The van der Waals surface area contributed by atoms with E-state index in [1.807, 2.05) is 6.92 Å². The third kappa shape index (κ3) is 2.02. The van der Waals surface area contributed by atoms with E-state index in [1.165, 1.54) is 0 Å². The monoisotopic (exact) mass is 171 g/mol. The van der Waals surface area contributed by atoms with Crippen LogP contribution in [0, 0.1) is 0 Å². The van der Waals surface area contributed by atoms with Crippen LogP contribution in [0.15, 0.2) is 4.52 Å². The fraction of sp³-hybridized carbons (Fsp3) is 0.714. The molecule has 5 heteroatoms. The average Bonchev–Trinajstić information content (AvgIpc) is 2.52. The van der Waals surface area contributed by atoms with Crippen molar-refractivity contribution < 1.29 is 9.63 Å². The van der Waals surface area contributed by atoms with Gasteiger partial charge in [-0.3, -0.25) is 0 Å². The highest BCUT2D eigenvalue weighted by Gasteiger charge is 2.12. The van der Waals surface area contributed by atoms with Gasteiger partial charge in [0.1, 0.15) is 0 Å². The second kappa shape index (κ2) is 4.18. The largest absolute Gasteiger partial charge is 0.396 e. The van der Waals surface area contributed by atoms with Gasteiger partial charge in [0.05, 0.1) is 6.04 Å². The third-order valence-electron chi connectivity index (χ3n) is 1.56. The zero-order chi connectivity index (χ0) is 8.97. The van der Waals surface area contributed by atoms with Crippen molar-refractivity contribution in [2.45, 2.75) is 25.8 Å². The van der Waals surface area contributed by atoms with Crippen molar-refractivity contribution in [3.8, 4) is 0 Å². The van der Waals surface area contributed by atoms with E-state index in [4.69, 9.17) is 15.4 Å². The molecule has 1 aromatic rings. The number of aliphatic hydroxyl groups is 1. The van der Waals surface area contributed by atoms with Gasteiger partial charge in [0.25, 0.3) is 0 Å². The Morgan fingerprint density at radius 2 is 2.42 bits per heavy atom. The van der Waals surface area contributed by atoms with Crippen LogP contribution >= 0.6 is 0 Å². The topological polar surface area (TPSA) is 85.2 Å². The molecule has 5 nitrogen and oxygen atoms in total. The van der Waals surface area contributed by atoms with Gasteiger partial charge in [-0.2, -0.15) is 4.98 Å². The number of hydrogen-bond donors (Lipinski definition) is 2. The van der Waals surface area contributed by atoms with Crippen molar-refractivity contribution >= 4 is 0 Å². The highest BCUT2D eigenvalue weighted by atomic mass is 16.5. The van der Waals surface area contributed by atoms with Crippen LogP contribution in [0.3, 0.4) is 0 Å². The number of rotatable bonds is 4. The predicted octanol–water partition coefficient (Wildman–Crippen LogP) is 0.0142. The summed E-state index contributed by atoms with van der Waals surface area (Å²) in [5.74, 6) is 1.05. The van der Waals surface area contributed by atoms with E-state index in [-0.39, 0.29) is 12.6 Å². The Morgan fingerprint density at radius 3 is 2.92 bits per heavy atom. The number of nitrogens with zero attached hydrogens (tertiary/aromatic N) is 2. The first-order chi connectivity index (χ1) is 5.77. The molecule has 0 aliphatic rings. The summed E-state index contributed by atoms with van der Waals surface area (Å²) in [7, 11) is 0. The molecule has 0 spiro atoms. The summed E-state index contributed by atoms with van der Waals surface area (Å²) >= 11 is 0. The molecule has 0 aromatic carbocycles. The van der Waals surface area contributed by atoms with Crippen molar-refractivity contribution in [1.29, 1.82) is 0 Å². The molecule has 0 amide bonds. The predicted molar refractivity (Wildman–Crippen MR) is 42.3 cm³/mol. The fourth-order valence-corrected chi connectivity index (χ4v) is 0.824. The van der Waals surface area contributed by atoms with E-state index in [0.717, 1.165) is 6.42 Å². The lowest BCUT2D eigenvalue weighted by molar-refractivity contribution is 0.259. The summed E-state index contributed by atoms with van der Waals surface area (Å²) < 4.78 is 4.87. The fourth-order valence-electron chi connectivity index (χ4n) is 0.824. The van der Waals surface area contributed by atoms with E-state index < -0.39 is 0 Å². The number of nitrogens with two attached hydrogens (primary N) is 1. The Kier molecular flexibility index (Phi) is 3.19. The second-order valence-electron chi connectivity index (χ2n) is 2.52. The van der Waals surface area contributed by atoms with Crippen LogP contribution in [0.2, 0.25) is 0 Å². The standard InChI is InChI=1S/C7H13N3O2/c1-2-6-9-7(12-10-6)5(8)3-4-11/h5,11H,2-4,8H2,1H3. The highest BCUT2D eigenvalue weighted by molar-refractivity contribution is 4.90. The molecule has 68 valence electrons. The van der Waals surface area contributed by atoms with Crippen LogP contribution in [0.25, 0.3) is 0 Å². The molecule has 0 saturated carbocycles. The molecule has 3 N–H and O–H groups in total. The summed E-state index contributed by atoms with van der Waals surface area (Å²) in [5, 5.41) is 12.3. The van der Waals surface area contributed by atoms with Gasteiger partial charge in [-0.1, -0.05) is 12.1 Å². The lowest BCUT2D eigenvalue weighted by Crippen LogP contribution is -2.12. The number of hydrogen-bond acceptors (Lipinski definition) is 5. The molecule has 12 heavy (non-hydrogen) atoms. The molecule has 1 rings (SSSR count). The Labute approximate surface area is 70.6 Å². The highest BCUT2D eigenvalue weighted by Crippen LogP contribution is 2.10. The summed E-state index contributed by atoms with van der Waals surface area (Å²) in [4.78, 5) is 4.03. The molecule has 1 unspecified atom stereocenters. The Balaban J connectivity index is 2.61. The number of aliphatic hydroxyl groups excluding tert-OH is 1. The minimum atomic E-state index is -0.345. The molecule has 1 atom stereocenters. The first-order valence-electron chi connectivity index (χ1n) is 3.96. The van der Waals surface area contributed by atoms with E-state index in [1.54, 1.807) is 0 Å². The van der Waals surface area contributed by atoms with Crippen molar-refractivity contribution in [1.82, 2.24) is 10.1 Å². The lowest BCUT2D eigenvalue weighted by Gasteiger charge is -2.01. The summed E-state index contributed by atoms with van der Waals surface area (Å²) in [5.41, 5.74) is 5.62. The maximum Gasteiger partial charge on any atom is 0.243 e. The smallest absolute Gasteiger partial charge is 0.243 e. The van der Waals surface area contributed by atoms with Crippen LogP contribution in [-0.4, -0.2) is 21.9 Å². The Bertz CT molecular complexity index is 236. The molecule has 1 aromatic heterocycles. The lowest BCUT2D eigenvalue weighted by atomic mass is 10.2. The van der Waals surface area contributed by atoms with E-state index in [2.05, 4.69) is 10.1 Å². The van der Waals surface area contributed by atoms with Crippen LogP contribution in [-0.2, 0) is 6.42 Å². The molecule has 0 bridgehead atoms. The van der Waals surface area contributed by atoms with Gasteiger partial charge in [-0.25, -0.2) is 0 Å². The van der Waals surface area contributed by atoms with Gasteiger partial charge in [0, 0.05) is 13.0 Å². The molecule has 0 radical (unpaired) electrons. The minimum absolute atomic E-state index is 0.0327. The van der Waals surface area contributed by atoms with E-state index in [0.29, 0.717) is 18.1 Å². The van der Waals surface area contributed by atoms with Crippen LogP contribution in [0.5, 0.6) is 0 Å². The average molecular weight is 171 g/mol. The molecular weight excluding hydrogens is 158 g/mol. The molecule has 0 aliphatic carbocycles. The van der Waals surface area contributed by atoms with Gasteiger partial charge in [0.2, 0.25) is 5.89 Å². The zero-order valence-corrected chi connectivity index (χ0v) is 7.03. The molecule has 1 heterocycles. The van der Waals surface area contributed by atoms with Gasteiger partial charge in [-0.05, 0) is 6.42 Å². The van der Waals surface area contributed by atoms with Gasteiger partial charge in [0.15, 0.2) is 5.82 Å². The van der Waals surface area contributed by atoms with Crippen molar-refractivity contribution in [3.63, 3.8) is 0 Å². The van der Waals surface area contributed by atoms with E-state index in [9.17, 15) is 0 Å². The third-order valence-corrected chi connectivity index (χ3v) is 1.56. The van der Waals surface area contributed by atoms with Crippen molar-refractivity contribution in [2.75, 3.05) is 6.61 Å². The minimum Gasteiger partial charge on any atom is -0.396 e. The van der Waals surface area contributed by atoms with Crippen LogP contribution in [0.1, 0.15) is 31.1 Å². The molecule has 0 fully saturated rings. The number of aryl methyl sites for hydroxylation is 1. The maximum atomic E-state index is 8.59. The summed E-state index contributed by atoms with van der Waals surface area (Å²) in [6, 6.07) is -0.345. The summed E-state index contributed by atoms with van der Waals surface area (Å²) in [6.45, 7) is 1.97. The second-order valence-corrected chi connectivity index (χ2v) is 2.52. The van der Waals surface area contributed by atoms with E-state index >= 15 is 0 Å². The zero-order valence-electron chi connectivity index (χ0n) is 7.03. The van der Waals surface area contributed by atoms with Crippen LogP contribution in [0.4, 0.5) is 0 Å². The quantitative estimate of drug-likeness (QED) is 0.666. The number of aromatic nitrogens is 2. The molecular formula is C7H13N3O2. The van der Waals surface area contributed by atoms with Gasteiger partial charge >= 0.3 is 0 Å². The molecule has 0 saturated heterocycles. The first kappa shape index (κ1) is 9.15. The maximum absolute atomic E-state index is 8.59. The van der Waals surface area contributed by atoms with Gasteiger partial charge < -0.3 is 15.4 Å². The summed E-state index contributed by atoms with van der Waals surface area (Å²) in [6.07, 6.45) is 1.18. The van der Waals surface area contributed by atoms with Crippen molar-refractivity contribution in [2.24, 2.45) is 5.73 Å². The van der Waals surface area contributed by atoms with Crippen molar-refractivity contribution in [3.05, 3.63) is 11.7 Å².